The van der Waals surface area contributed by atoms with Crippen LogP contribution in [0.4, 0.5) is 0 Å². The van der Waals surface area contributed by atoms with Crippen LogP contribution in [0.5, 0.6) is 0 Å². The van der Waals surface area contributed by atoms with Gasteiger partial charge in [0.15, 0.2) is 0 Å². The van der Waals surface area contributed by atoms with Crippen LogP contribution in [-0.4, -0.2) is 21.0 Å². The van der Waals surface area contributed by atoms with Crippen LogP contribution in [0.1, 0.15) is 16.1 Å². The molecular formula is C16H12BrN3O2. The highest BCUT2D eigenvalue weighted by atomic mass is 79.9. The molecule has 3 aromatic rings. The van der Waals surface area contributed by atoms with E-state index in [0.717, 1.165) is 10.2 Å². The molecule has 0 unspecified atom stereocenters. The number of ether oxygens (including phenoxy) is 1. The Morgan fingerprint density at radius 1 is 1.09 bits per heavy atom. The van der Waals surface area contributed by atoms with E-state index in [4.69, 9.17) is 4.74 Å². The minimum Gasteiger partial charge on any atom is -0.455 e. The fourth-order valence-electron chi connectivity index (χ4n) is 1.88. The van der Waals surface area contributed by atoms with Crippen LogP contribution < -0.4 is 0 Å². The number of hydrogen-bond acceptors (Lipinski definition) is 4. The van der Waals surface area contributed by atoms with E-state index in [1.165, 1.54) is 0 Å². The van der Waals surface area contributed by atoms with E-state index >= 15 is 0 Å². The lowest BCUT2D eigenvalue weighted by Gasteiger charge is -2.02. The first-order chi connectivity index (χ1) is 10.7. The smallest absolute Gasteiger partial charge is 0.338 e. The van der Waals surface area contributed by atoms with E-state index in [2.05, 4.69) is 26.2 Å². The van der Waals surface area contributed by atoms with Crippen LogP contribution >= 0.6 is 15.9 Å². The number of carbonyl (C=O) groups excluding carboxylic acids is 1. The van der Waals surface area contributed by atoms with Gasteiger partial charge < -0.3 is 4.74 Å². The molecule has 0 bridgehead atoms. The first-order valence-electron chi connectivity index (χ1n) is 6.62. The Hall–Kier alpha value is -2.47. The number of carbonyl (C=O) groups is 1. The summed E-state index contributed by atoms with van der Waals surface area (Å²) < 4.78 is 7.79. The quantitative estimate of drug-likeness (QED) is 0.671. The highest BCUT2D eigenvalue weighted by Crippen LogP contribution is 2.12. The monoisotopic (exact) mass is 357 g/mol. The van der Waals surface area contributed by atoms with Crippen molar-refractivity contribution in [2.24, 2.45) is 0 Å². The molecule has 0 radical (unpaired) electrons. The summed E-state index contributed by atoms with van der Waals surface area (Å²) in [7, 11) is 0. The van der Waals surface area contributed by atoms with E-state index in [0.29, 0.717) is 11.3 Å². The third-order valence-corrected chi connectivity index (χ3v) is 3.52. The van der Waals surface area contributed by atoms with E-state index in [9.17, 15) is 4.79 Å². The van der Waals surface area contributed by atoms with Gasteiger partial charge in [0.1, 0.15) is 12.3 Å². The number of nitrogens with zero attached hydrogens (tertiary/aromatic N) is 3. The number of aromatic nitrogens is 3. The third-order valence-electron chi connectivity index (χ3n) is 2.99. The number of halogens is 1. The van der Waals surface area contributed by atoms with Crippen molar-refractivity contribution in [1.82, 2.24) is 15.0 Å². The average molecular weight is 358 g/mol. The molecule has 0 amide bonds. The molecule has 5 nitrogen and oxygen atoms in total. The first kappa shape index (κ1) is 14.5. The van der Waals surface area contributed by atoms with E-state index in [1.54, 1.807) is 35.1 Å². The average Bonchev–Trinajstić information content (AvgIpc) is 3.03. The Balaban J connectivity index is 1.64. The van der Waals surface area contributed by atoms with Crippen molar-refractivity contribution in [3.63, 3.8) is 0 Å². The van der Waals surface area contributed by atoms with E-state index in [1.807, 2.05) is 30.3 Å². The normalized spacial score (nSPS) is 10.4. The molecule has 1 heterocycles. The lowest BCUT2D eigenvalue weighted by molar-refractivity contribution is 0.0467. The second-order valence-corrected chi connectivity index (χ2v) is 5.49. The molecule has 3 rings (SSSR count). The van der Waals surface area contributed by atoms with Gasteiger partial charge in [0, 0.05) is 4.47 Å². The van der Waals surface area contributed by atoms with Crippen molar-refractivity contribution < 1.29 is 9.53 Å². The summed E-state index contributed by atoms with van der Waals surface area (Å²) in [6, 6.07) is 16.6. The van der Waals surface area contributed by atoms with Gasteiger partial charge >= 0.3 is 5.97 Å². The lowest BCUT2D eigenvalue weighted by atomic mass is 10.2. The van der Waals surface area contributed by atoms with Crippen molar-refractivity contribution in [2.75, 3.05) is 0 Å². The summed E-state index contributed by atoms with van der Waals surface area (Å²) in [6.07, 6.45) is 1.74. The standard InChI is InChI=1S/C16H12BrN3O2/c17-13-8-6-12(7-9-13)16(21)22-11-14-10-20(19-18-14)15-4-2-1-3-5-15/h1-10H,11H2. The van der Waals surface area contributed by atoms with Gasteiger partial charge in [-0.25, -0.2) is 9.48 Å². The van der Waals surface area contributed by atoms with Crippen molar-refractivity contribution in [3.05, 3.63) is 76.5 Å². The molecule has 0 aliphatic rings. The topological polar surface area (TPSA) is 57.0 Å². The van der Waals surface area contributed by atoms with Crippen LogP contribution in [0.15, 0.2) is 65.3 Å². The van der Waals surface area contributed by atoms with Gasteiger partial charge in [0.2, 0.25) is 0 Å². The molecule has 0 aliphatic heterocycles. The molecule has 0 fully saturated rings. The molecule has 0 aliphatic carbocycles. The Kier molecular flexibility index (Phi) is 4.29. The first-order valence-corrected chi connectivity index (χ1v) is 7.41. The van der Waals surface area contributed by atoms with Crippen LogP contribution in [0.2, 0.25) is 0 Å². The molecule has 0 atom stereocenters. The summed E-state index contributed by atoms with van der Waals surface area (Å²) in [4.78, 5) is 11.9. The zero-order valence-electron chi connectivity index (χ0n) is 11.5. The Bertz CT molecular complexity index is 770. The van der Waals surface area contributed by atoms with Gasteiger partial charge in [-0.2, -0.15) is 0 Å². The minimum atomic E-state index is -0.387. The van der Waals surface area contributed by atoms with Gasteiger partial charge in [0.25, 0.3) is 0 Å². The van der Waals surface area contributed by atoms with Gasteiger partial charge in [-0.15, -0.1) is 5.10 Å². The Labute approximate surface area is 135 Å². The third kappa shape index (κ3) is 3.40. The summed E-state index contributed by atoms with van der Waals surface area (Å²) >= 11 is 3.32. The van der Waals surface area contributed by atoms with E-state index < -0.39 is 0 Å². The molecule has 22 heavy (non-hydrogen) atoms. The molecule has 0 spiro atoms. The second kappa shape index (κ2) is 6.53. The fraction of sp³-hybridized carbons (Fsp3) is 0.0625. The maximum Gasteiger partial charge on any atom is 0.338 e. The SMILES string of the molecule is O=C(OCc1cn(-c2ccccc2)nn1)c1ccc(Br)cc1. The summed E-state index contributed by atoms with van der Waals surface area (Å²) in [5.74, 6) is -0.387. The number of esters is 1. The molecule has 0 saturated carbocycles. The highest BCUT2D eigenvalue weighted by molar-refractivity contribution is 9.10. The predicted octanol–water partition coefficient (Wildman–Crippen LogP) is 3.39. The predicted molar refractivity (Wildman–Crippen MR) is 84.6 cm³/mol. The molecule has 0 saturated heterocycles. The zero-order chi connectivity index (χ0) is 15.4. The Morgan fingerprint density at radius 3 is 2.55 bits per heavy atom. The molecular weight excluding hydrogens is 346 g/mol. The number of para-hydroxylation sites is 1. The van der Waals surface area contributed by atoms with Crippen LogP contribution in [0, 0.1) is 0 Å². The van der Waals surface area contributed by atoms with Crippen molar-refractivity contribution in [1.29, 1.82) is 0 Å². The van der Waals surface area contributed by atoms with Gasteiger partial charge in [-0.3, -0.25) is 0 Å². The molecule has 6 heteroatoms. The Morgan fingerprint density at radius 2 is 1.82 bits per heavy atom. The number of rotatable bonds is 4. The number of hydrogen-bond donors (Lipinski definition) is 0. The fourth-order valence-corrected chi connectivity index (χ4v) is 2.14. The van der Waals surface area contributed by atoms with Crippen molar-refractivity contribution >= 4 is 21.9 Å². The summed E-state index contributed by atoms with van der Waals surface area (Å²) in [6.45, 7) is 0.0851. The largest absolute Gasteiger partial charge is 0.455 e. The molecule has 110 valence electrons. The molecule has 1 aromatic heterocycles. The maximum absolute atomic E-state index is 11.9. The zero-order valence-corrected chi connectivity index (χ0v) is 13.1. The highest BCUT2D eigenvalue weighted by Gasteiger charge is 2.09. The lowest BCUT2D eigenvalue weighted by Crippen LogP contribution is -2.05. The van der Waals surface area contributed by atoms with Gasteiger partial charge in [0.05, 0.1) is 17.4 Å². The maximum atomic E-state index is 11.9. The van der Waals surface area contributed by atoms with Crippen molar-refractivity contribution in [2.45, 2.75) is 6.61 Å². The molecule has 0 N–H and O–H groups in total. The van der Waals surface area contributed by atoms with E-state index in [-0.39, 0.29) is 12.6 Å². The van der Waals surface area contributed by atoms with Crippen LogP contribution in [0.3, 0.4) is 0 Å². The summed E-state index contributed by atoms with van der Waals surface area (Å²) in [5.41, 5.74) is 1.99. The summed E-state index contributed by atoms with van der Waals surface area (Å²) in [5, 5.41) is 8.02. The van der Waals surface area contributed by atoms with Crippen LogP contribution in [0.25, 0.3) is 5.69 Å². The number of benzene rings is 2. The molecule has 2 aromatic carbocycles. The van der Waals surface area contributed by atoms with Crippen molar-refractivity contribution in [3.8, 4) is 5.69 Å². The minimum absolute atomic E-state index is 0.0851. The second-order valence-electron chi connectivity index (χ2n) is 4.57. The van der Waals surface area contributed by atoms with Gasteiger partial charge in [-0.05, 0) is 36.4 Å². The van der Waals surface area contributed by atoms with Gasteiger partial charge in [-0.1, -0.05) is 39.3 Å². The van der Waals surface area contributed by atoms with Crippen LogP contribution in [-0.2, 0) is 11.3 Å².